The molecular weight excluding hydrogens is 905 g/mol. The molecule has 2 heterocycles. The van der Waals surface area contributed by atoms with Crippen molar-refractivity contribution < 1.29 is 43.2 Å². The average Bonchev–Trinajstić information content (AvgIpc) is 3.73. The van der Waals surface area contributed by atoms with Gasteiger partial charge in [0.05, 0.1) is 0 Å². The topological polar surface area (TPSA) is 382 Å². The molecule has 0 radical (unpaired) electrons. The van der Waals surface area contributed by atoms with Crippen molar-refractivity contribution in [3.05, 3.63) is 71.9 Å². The van der Waals surface area contributed by atoms with Crippen molar-refractivity contribution in [3.8, 4) is 0 Å². The minimum atomic E-state index is -1.43. The van der Waals surface area contributed by atoms with E-state index in [1.165, 1.54) is 6.92 Å². The number of amides is 9. The number of nitrogens with one attached hydrogen (secondary N) is 9. The number of aliphatic imine (C=N–C) groups is 1. The van der Waals surface area contributed by atoms with Gasteiger partial charge in [0.2, 0.25) is 53.2 Å². The number of guanidine groups is 1. The normalized spacial score (nSPS) is 20.6. The van der Waals surface area contributed by atoms with E-state index < -0.39 is 95.5 Å². The zero-order valence-electron chi connectivity index (χ0n) is 39.6. The van der Waals surface area contributed by atoms with E-state index in [9.17, 15) is 43.2 Å². The average molecular weight is 973 g/mol. The molecule has 1 fully saturated rings. The third-order valence-corrected chi connectivity index (χ3v) is 11.6. The van der Waals surface area contributed by atoms with Gasteiger partial charge in [-0.3, -0.25) is 48.1 Å². The largest absolute Gasteiger partial charge is 0.370 e. The van der Waals surface area contributed by atoms with Crippen molar-refractivity contribution in [2.75, 3.05) is 19.6 Å². The summed E-state index contributed by atoms with van der Waals surface area (Å²) in [6.07, 6.45) is 2.27. The molecule has 23 nitrogen and oxygen atoms in total. The molecule has 70 heavy (non-hydrogen) atoms. The smallest absolute Gasteiger partial charge is 0.243 e. The lowest BCUT2D eigenvalue weighted by molar-refractivity contribution is -0.135. The summed E-state index contributed by atoms with van der Waals surface area (Å²) in [5, 5.41) is 22.1. The number of nitrogens with two attached hydrogens (primary N) is 4. The summed E-state index contributed by atoms with van der Waals surface area (Å²) < 4.78 is 0. The molecule has 1 aliphatic rings. The standard InChI is InChI=1S/C47H68N14O9/c1-3-4-14-32(55-27(2)62)41(65)57-34-17-18-39(63)52-23-20-36(45(69)60-37(40(49)64)25-29-26-54-31-15-9-8-13-30(29)31)59-42(66)33(16-10-22-53-47(50)51)56-46(70)38(24-28-11-6-5-7-12-28)61-44(68)35(19-21-48)58-43(34)67/h5-9,11-13,15,26,32-38,54H,3-4,10,14,16-25,48H2,1-2H3,(H2,49,64)(H,52,63)(H,55,62)(H,56,70)(H,57,65)(H,58,67)(H,59,66)(H,60,69)(H,61,68)(H4,50,51,53)/t32-,33-,34-,35?,36-,37-,38+/m0/s1. The number of H-pyrrole nitrogens is 1. The highest BCUT2D eigenvalue weighted by atomic mass is 16.2. The zero-order chi connectivity index (χ0) is 51.2. The van der Waals surface area contributed by atoms with Crippen molar-refractivity contribution in [2.24, 2.45) is 27.9 Å². The van der Waals surface area contributed by atoms with E-state index in [0.29, 0.717) is 24.0 Å². The van der Waals surface area contributed by atoms with Crippen LogP contribution in [0.2, 0.25) is 0 Å². The van der Waals surface area contributed by atoms with Gasteiger partial charge in [0.25, 0.3) is 0 Å². The summed E-state index contributed by atoms with van der Waals surface area (Å²) in [5.41, 5.74) is 24.9. The van der Waals surface area contributed by atoms with Crippen LogP contribution in [-0.2, 0) is 56.0 Å². The van der Waals surface area contributed by atoms with E-state index in [4.69, 9.17) is 22.9 Å². The first-order valence-corrected chi connectivity index (χ1v) is 23.5. The summed E-state index contributed by atoms with van der Waals surface area (Å²) in [6, 6.07) is 6.87. The maximum atomic E-state index is 14.4. The molecule has 2 aromatic carbocycles. The van der Waals surface area contributed by atoms with Crippen LogP contribution in [0.3, 0.4) is 0 Å². The van der Waals surface area contributed by atoms with E-state index in [-0.39, 0.29) is 83.4 Å². The van der Waals surface area contributed by atoms with Gasteiger partial charge in [0, 0.05) is 56.4 Å². The molecule has 0 bridgehead atoms. The Hall–Kier alpha value is -7.56. The summed E-state index contributed by atoms with van der Waals surface area (Å²) in [6.45, 7) is 2.90. The molecule has 0 spiro atoms. The molecule has 17 N–H and O–H groups in total. The Bertz CT molecular complexity index is 2320. The Morgan fingerprint density at radius 1 is 0.771 bits per heavy atom. The number of fused-ring (bicyclic) bond motifs is 1. The van der Waals surface area contributed by atoms with Gasteiger partial charge >= 0.3 is 0 Å². The first kappa shape index (κ1) is 55.0. The molecule has 7 atom stereocenters. The third-order valence-electron chi connectivity index (χ3n) is 11.6. The maximum Gasteiger partial charge on any atom is 0.243 e. The van der Waals surface area contributed by atoms with Crippen LogP contribution in [-0.4, -0.2) is 126 Å². The molecule has 23 heteroatoms. The molecule has 1 saturated heterocycles. The van der Waals surface area contributed by atoms with Crippen LogP contribution in [0.5, 0.6) is 0 Å². The van der Waals surface area contributed by atoms with Crippen molar-refractivity contribution in [1.29, 1.82) is 0 Å². The lowest BCUT2D eigenvalue weighted by Gasteiger charge is -2.27. The lowest BCUT2D eigenvalue weighted by atomic mass is 10.0. The molecule has 380 valence electrons. The van der Waals surface area contributed by atoms with E-state index in [1.54, 1.807) is 36.5 Å². The number of hydrogen-bond acceptors (Lipinski definition) is 11. The van der Waals surface area contributed by atoms with Gasteiger partial charge in [-0.1, -0.05) is 68.3 Å². The molecular formula is C47H68N14O9. The highest BCUT2D eigenvalue weighted by Gasteiger charge is 2.34. The number of primary amides is 1. The molecule has 1 aromatic heterocycles. The van der Waals surface area contributed by atoms with Crippen LogP contribution < -0.4 is 65.5 Å². The van der Waals surface area contributed by atoms with Gasteiger partial charge in [0.1, 0.15) is 42.3 Å². The van der Waals surface area contributed by atoms with Gasteiger partial charge in [-0.05, 0) is 62.3 Å². The number of carbonyl (C=O) groups excluding carboxylic acids is 9. The molecule has 0 saturated carbocycles. The Morgan fingerprint density at radius 3 is 2.11 bits per heavy atom. The molecule has 3 aromatic rings. The third kappa shape index (κ3) is 17.8. The quantitative estimate of drug-likeness (QED) is 0.0344. The second kappa shape index (κ2) is 28.1. The van der Waals surface area contributed by atoms with E-state index in [0.717, 1.165) is 10.9 Å². The van der Waals surface area contributed by atoms with Crippen molar-refractivity contribution >= 4 is 70.0 Å². The summed E-state index contributed by atoms with van der Waals surface area (Å²) in [4.78, 5) is 130. The fourth-order valence-corrected chi connectivity index (χ4v) is 7.82. The van der Waals surface area contributed by atoms with Crippen LogP contribution in [0, 0.1) is 0 Å². The predicted molar refractivity (Wildman–Crippen MR) is 260 cm³/mol. The summed E-state index contributed by atoms with van der Waals surface area (Å²) in [5.74, 6) is -7.00. The van der Waals surface area contributed by atoms with Crippen molar-refractivity contribution in [2.45, 2.75) is 127 Å². The number of para-hydroxylation sites is 1. The second-order valence-corrected chi connectivity index (χ2v) is 17.1. The second-order valence-electron chi connectivity index (χ2n) is 17.1. The first-order chi connectivity index (χ1) is 33.5. The summed E-state index contributed by atoms with van der Waals surface area (Å²) in [7, 11) is 0. The Morgan fingerprint density at radius 2 is 1.43 bits per heavy atom. The van der Waals surface area contributed by atoms with Crippen molar-refractivity contribution in [1.82, 2.24) is 47.5 Å². The van der Waals surface area contributed by atoms with Gasteiger partial charge in [-0.15, -0.1) is 0 Å². The molecule has 4 rings (SSSR count). The fourth-order valence-electron chi connectivity index (χ4n) is 7.82. The Kier molecular flexibility index (Phi) is 22.1. The number of unbranched alkanes of at least 4 members (excludes halogenated alkanes) is 1. The molecule has 1 aliphatic heterocycles. The van der Waals surface area contributed by atoms with Crippen LogP contribution in [0.4, 0.5) is 0 Å². The predicted octanol–water partition coefficient (Wildman–Crippen LogP) is -2.26. The van der Waals surface area contributed by atoms with E-state index >= 15 is 0 Å². The fraction of sp³-hybridized carbons (Fsp3) is 0.489. The van der Waals surface area contributed by atoms with Gasteiger partial charge in [0.15, 0.2) is 5.96 Å². The molecule has 9 amide bonds. The molecule has 1 unspecified atom stereocenters. The molecule has 0 aliphatic carbocycles. The number of aromatic nitrogens is 1. The van der Waals surface area contributed by atoms with Crippen LogP contribution in [0.25, 0.3) is 10.9 Å². The van der Waals surface area contributed by atoms with E-state index in [2.05, 4.69) is 52.5 Å². The number of carbonyl (C=O) groups is 9. The van der Waals surface area contributed by atoms with Crippen LogP contribution in [0.15, 0.2) is 65.8 Å². The van der Waals surface area contributed by atoms with Crippen molar-refractivity contribution in [3.63, 3.8) is 0 Å². The van der Waals surface area contributed by atoms with Crippen LogP contribution in [0.1, 0.15) is 82.8 Å². The van der Waals surface area contributed by atoms with Gasteiger partial charge in [-0.25, -0.2) is 0 Å². The number of hydrogen-bond donors (Lipinski definition) is 13. The zero-order valence-corrected chi connectivity index (χ0v) is 39.6. The highest BCUT2D eigenvalue weighted by Crippen LogP contribution is 2.19. The minimum absolute atomic E-state index is 0.0118. The number of nitrogens with zero attached hydrogens (tertiary/aromatic N) is 1. The number of rotatable bonds is 19. The Labute approximate surface area is 406 Å². The SMILES string of the molecule is CCCC[C@H](NC(C)=O)C(=O)N[C@H]1CCC(=O)NCC[C@@H](C(=O)N[C@@H](Cc2c[nH]c3ccccc23)C(N)=O)NC(=O)[C@H](CCCN=C(N)N)NC(=O)[C@@H](Cc2ccccc2)NC(=O)C(CCN)NC1=O. The van der Waals surface area contributed by atoms with Gasteiger partial charge in [-0.2, -0.15) is 0 Å². The Balaban J connectivity index is 1.73. The summed E-state index contributed by atoms with van der Waals surface area (Å²) >= 11 is 0. The highest BCUT2D eigenvalue weighted by molar-refractivity contribution is 5.98. The van der Waals surface area contributed by atoms with Gasteiger partial charge < -0.3 is 70.5 Å². The van der Waals surface area contributed by atoms with Crippen LogP contribution >= 0.6 is 0 Å². The lowest BCUT2D eigenvalue weighted by Crippen LogP contribution is -2.60. The monoisotopic (exact) mass is 973 g/mol. The minimum Gasteiger partial charge on any atom is -0.370 e. The van der Waals surface area contributed by atoms with E-state index in [1.807, 2.05) is 31.2 Å². The first-order valence-electron chi connectivity index (χ1n) is 23.5. The maximum absolute atomic E-state index is 14.4. The number of benzene rings is 2. The number of aromatic amines is 1.